The lowest BCUT2D eigenvalue weighted by atomic mass is 9.91. The van der Waals surface area contributed by atoms with Gasteiger partial charge in [-0.1, -0.05) is 38.1 Å². The summed E-state index contributed by atoms with van der Waals surface area (Å²) in [5.41, 5.74) is 3.68. The molecule has 1 aliphatic heterocycles. The van der Waals surface area contributed by atoms with Gasteiger partial charge in [0.25, 0.3) is 17.7 Å². The summed E-state index contributed by atoms with van der Waals surface area (Å²) in [5.74, 6) is 0.467. The van der Waals surface area contributed by atoms with E-state index in [1.54, 1.807) is 54.6 Å². The fourth-order valence-electron chi connectivity index (χ4n) is 4.59. The van der Waals surface area contributed by atoms with E-state index in [9.17, 15) is 14.4 Å². The minimum Gasteiger partial charge on any atom is -0.338 e. The van der Waals surface area contributed by atoms with E-state index in [0.717, 1.165) is 25.1 Å². The molecule has 3 aromatic carbocycles. The predicted octanol–water partition coefficient (Wildman–Crippen LogP) is 5.62. The van der Waals surface area contributed by atoms with E-state index < -0.39 is 0 Å². The van der Waals surface area contributed by atoms with Crippen molar-refractivity contribution in [2.24, 2.45) is 11.8 Å². The molecule has 0 bridgehead atoms. The monoisotopic (exact) mass is 469 g/mol. The summed E-state index contributed by atoms with van der Waals surface area (Å²) in [5, 5.41) is 5.76. The van der Waals surface area contributed by atoms with Crippen molar-refractivity contribution in [1.29, 1.82) is 0 Å². The minimum absolute atomic E-state index is 0.00240. The molecule has 0 radical (unpaired) electrons. The summed E-state index contributed by atoms with van der Waals surface area (Å²) in [4.78, 5) is 40.3. The van der Waals surface area contributed by atoms with Gasteiger partial charge in [0.1, 0.15) is 0 Å². The lowest BCUT2D eigenvalue weighted by Gasteiger charge is -2.35. The van der Waals surface area contributed by atoms with Gasteiger partial charge in [0.15, 0.2) is 0 Å². The van der Waals surface area contributed by atoms with Gasteiger partial charge in [-0.15, -0.1) is 0 Å². The van der Waals surface area contributed by atoms with Gasteiger partial charge < -0.3 is 15.5 Å². The highest BCUT2D eigenvalue weighted by Gasteiger charge is 2.26. The molecule has 3 amide bonds. The van der Waals surface area contributed by atoms with Crippen LogP contribution in [0, 0.1) is 18.8 Å². The SMILES string of the molecule is Cc1ccc(C(=O)N2CC(C)CC(C)C2)cc1NC(=O)c1ccc(NC(=O)c2ccccc2)cc1. The molecular weight excluding hydrogens is 438 g/mol. The first-order chi connectivity index (χ1) is 16.8. The van der Waals surface area contributed by atoms with Crippen molar-refractivity contribution >= 4 is 29.1 Å². The van der Waals surface area contributed by atoms with Crippen molar-refractivity contribution in [3.63, 3.8) is 0 Å². The zero-order valence-corrected chi connectivity index (χ0v) is 20.4. The highest BCUT2D eigenvalue weighted by molar-refractivity contribution is 6.07. The van der Waals surface area contributed by atoms with Gasteiger partial charge in [-0.05, 0) is 79.3 Å². The molecular formula is C29H31N3O3. The van der Waals surface area contributed by atoms with Crippen molar-refractivity contribution in [2.45, 2.75) is 27.2 Å². The second-order valence-electron chi connectivity index (χ2n) is 9.54. The molecule has 0 saturated carbocycles. The first kappa shape index (κ1) is 24.2. The van der Waals surface area contributed by atoms with E-state index in [1.807, 2.05) is 30.0 Å². The highest BCUT2D eigenvalue weighted by Crippen LogP contribution is 2.25. The predicted molar refractivity (Wildman–Crippen MR) is 139 cm³/mol. The van der Waals surface area contributed by atoms with Crippen LogP contribution in [0.5, 0.6) is 0 Å². The first-order valence-electron chi connectivity index (χ1n) is 12.0. The molecule has 6 nitrogen and oxygen atoms in total. The number of carbonyl (C=O) groups is 3. The van der Waals surface area contributed by atoms with Crippen LogP contribution < -0.4 is 10.6 Å². The van der Waals surface area contributed by atoms with Crippen molar-refractivity contribution in [2.75, 3.05) is 23.7 Å². The lowest BCUT2D eigenvalue weighted by Crippen LogP contribution is -2.42. The molecule has 2 N–H and O–H groups in total. The van der Waals surface area contributed by atoms with Gasteiger partial charge in [-0.2, -0.15) is 0 Å². The van der Waals surface area contributed by atoms with Crippen LogP contribution in [0.25, 0.3) is 0 Å². The quantitative estimate of drug-likeness (QED) is 0.509. The number of hydrogen-bond donors (Lipinski definition) is 2. The van der Waals surface area contributed by atoms with E-state index in [1.165, 1.54) is 0 Å². The number of benzene rings is 3. The summed E-state index contributed by atoms with van der Waals surface area (Å²) in [6, 6.07) is 21.1. The topological polar surface area (TPSA) is 78.5 Å². The maximum Gasteiger partial charge on any atom is 0.255 e. The van der Waals surface area contributed by atoms with Crippen molar-refractivity contribution in [3.8, 4) is 0 Å². The molecule has 6 heteroatoms. The van der Waals surface area contributed by atoms with Crippen LogP contribution in [0.1, 0.15) is 56.9 Å². The van der Waals surface area contributed by atoms with Gasteiger partial charge in [0, 0.05) is 41.2 Å². The summed E-state index contributed by atoms with van der Waals surface area (Å²) in [6.45, 7) is 7.76. The lowest BCUT2D eigenvalue weighted by molar-refractivity contribution is 0.0623. The number of carbonyl (C=O) groups excluding carboxylic acids is 3. The molecule has 4 rings (SSSR count). The second-order valence-corrected chi connectivity index (χ2v) is 9.54. The highest BCUT2D eigenvalue weighted by atomic mass is 16.2. The number of nitrogens with one attached hydrogen (secondary N) is 2. The zero-order chi connectivity index (χ0) is 24.9. The Morgan fingerprint density at radius 1 is 0.743 bits per heavy atom. The van der Waals surface area contributed by atoms with E-state index in [4.69, 9.17) is 0 Å². The van der Waals surface area contributed by atoms with Gasteiger partial charge >= 0.3 is 0 Å². The zero-order valence-electron chi connectivity index (χ0n) is 20.4. The number of rotatable bonds is 5. The number of amides is 3. The Hall–Kier alpha value is -3.93. The number of likely N-dealkylation sites (tertiary alicyclic amines) is 1. The van der Waals surface area contributed by atoms with E-state index in [-0.39, 0.29) is 17.7 Å². The Bertz CT molecular complexity index is 1210. The summed E-state index contributed by atoms with van der Waals surface area (Å²) < 4.78 is 0. The molecule has 2 unspecified atom stereocenters. The molecule has 1 saturated heterocycles. The average Bonchev–Trinajstić information content (AvgIpc) is 2.85. The molecule has 1 aliphatic rings. The molecule has 35 heavy (non-hydrogen) atoms. The summed E-state index contributed by atoms with van der Waals surface area (Å²) in [7, 11) is 0. The van der Waals surface area contributed by atoms with Gasteiger partial charge in [0.2, 0.25) is 0 Å². The molecule has 2 atom stereocenters. The van der Waals surface area contributed by atoms with Gasteiger partial charge in [-0.3, -0.25) is 14.4 Å². The van der Waals surface area contributed by atoms with Crippen LogP contribution in [-0.2, 0) is 0 Å². The summed E-state index contributed by atoms with van der Waals surface area (Å²) in [6.07, 6.45) is 1.13. The molecule has 3 aromatic rings. The van der Waals surface area contributed by atoms with Crippen LogP contribution in [0.4, 0.5) is 11.4 Å². The Balaban J connectivity index is 1.43. The summed E-state index contributed by atoms with van der Waals surface area (Å²) >= 11 is 0. The molecule has 180 valence electrons. The molecule has 0 spiro atoms. The van der Waals surface area contributed by atoms with Crippen LogP contribution >= 0.6 is 0 Å². The molecule has 1 heterocycles. The fourth-order valence-corrected chi connectivity index (χ4v) is 4.59. The van der Waals surface area contributed by atoms with Gasteiger partial charge in [0.05, 0.1) is 0 Å². The maximum atomic E-state index is 13.1. The standard InChI is InChI=1S/C29H31N3O3/c1-19-15-20(2)18-32(17-19)29(35)24-10-9-21(3)26(16-24)31-28(34)23-11-13-25(14-12-23)30-27(33)22-7-5-4-6-8-22/h4-14,16,19-20H,15,17-18H2,1-3H3,(H,30,33)(H,31,34). The first-order valence-corrected chi connectivity index (χ1v) is 12.0. The number of piperidine rings is 1. The molecule has 0 aromatic heterocycles. The largest absolute Gasteiger partial charge is 0.338 e. The third kappa shape index (κ3) is 5.96. The Morgan fingerprint density at radius 2 is 1.31 bits per heavy atom. The molecule has 1 fully saturated rings. The smallest absolute Gasteiger partial charge is 0.255 e. The van der Waals surface area contributed by atoms with E-state index in [0.29, 0.717) is 39.9 Å². The third-order valence-corrected chi connectivity index (χ3v) is 6.33. The van der Waals surface area contributed by atoms with Crippen LogP contribution in [-0.4, -0.2) is 35.7 Å². The van der Waals surface area contributed by atoms with Crippen LogP contribution in [0.15, 0.2) is 72.8 Å². The van der Waals surface area contributed by atoms with Crippen LogP contribution in [0.3, 0.4) is 0 Å². The van der Waals surface area contributed by atoms with Crippen molar-refractivity contribution in [1.82, 2.24) is 4.90 Å². The Labute approximate surface area is 206 Å². The third-order valence-electron chi connectivity index (χ3n) is 6.33. The van der Waals surface area contributed by atoms with Crippen molar-refractivity contribution in [3.05, 3.63) is 95.1 Å². The van der Waals surface area contributed by atoms with Gasteiger partial charge in [-0.25, -0.2) is 0 Å². The number of aryl methyl sites for hydroxylation is 1. The Morgan fingerprint density at radius 3 is 1.97 bits per heavy atom. The average molecular weight is 470 g/mol. The number of nitrogens with zero attached hydrogens (tertiary/aromatic N) is 1. The normalized spacial score (nSPS) is 17.5. The number of hydrogen-bond acceptors (Lipinski definition) is 3. The van der Waals surface area contributed by atoms with Crippen LogP contribution in [0.2, 0.25) is 0 Å². The second kappa shape index (κ2) is 10.6. The fraction of sp³-hybridized carbons (Fsp3) is 0.276. The number of anilines is 2. The van der Waals surface area contributed by atoms with E-state index in [2.05, 4.69) is 24.5 Å². The molecule has 0 aliphatic carbocycles. The minimum atomic E-state index is -0.279. The van der Waals surface area contributed by atoms with Crippen molar-refractivity contribution < 1.29 is 14.4 Å². The maximum absolute atomic E-state index is 13.1. The van der Waals surface area contributed by atoms with E-state index >= 15 is 0 Å². The Kier molecular flexibility index (Phi) is 7.30.